The first-order valence-corrected chi connectivity index (χ1v) is 14.8. The Hall–Kier alpha value is -2.53. The number of para-hydroxylation sites is 1. The van der Waals surface area contributed by atoms with Crippen LogP contribution in [0.3, 0.4) is 0 Å². The minimum Gasteiger partial charge on any atom is -0.337 e. The molecular weight excluding hydrogens is 554 g/mol. The number of likely N-dealkylation sites (tertiary alicyclic amines) is 1. The molecule has 37 heavy (non-hydrogen) atoms. The molecule has 1 fully saturated rings. The quantitative estimate of drug-likeness (QED) is 0.373. The Bertz CT molecular complexity index is 1350. The Kier molecular flexibility index (Phi) is 8.84. The SMILES string of the molecule is Cc1cc(NC(=O)NCCN2CCC(N(CC(C)C)S(=O)(=O)c3ccc(Br)cc3)C2)c2ccccc2n1. The molecule has 10 heteroatoms. The van der Waals surface area contributed by atoms with Gasteiger partial charge in [-0.2, -0.15) is 4.31 Å². The van der Waals surface area contributed by atoms with Gasteiger partial charge in [0.2, 0.25) is 10.0 Å². The number of carbonyl (C=O) groups excluding carboxylic acids is 1. The summed E-state index contributed by atoms with van der Waals surface area (Å²) in [4.78, 5) is 19.6. The predicted octanol–water partition coefficient (Wildman–Crippen LogP) is 4.85. The van der Waals surface area contributed by atoms with Crippen LogP contribution in [0.5, 0.6) is 0 Å². The average Bonchev–Trinajstić information content (AvgIpc) is 3.31. The lowest BCUT2D eigenvalue weighted by molar-refractivity contribution is 0.247. The summed E-state index contributed by atoms with van der Waals surface area (Å²) in [6.45, 7) is 8.97. The number of amides is 2. The van der Waals surface area contributed by atoms with E-state index in [0.717, 1.165) is 39.7 Å². The summed E-state index contributed by atoms with van der Waals surface area (Å²) in [6, 6.07) is 16.0. The fourth-order valence-corrected chi connectivity index (χ4v) is 6.78. The molecule has 2 heterocycles. The number of sulfonamides is 1. The second kappa shape index (κ2) is 11.9. The molecule has 0 spiro atoms. The maximum Gasteiger partial charge on any atom is 0.319 e. The number of aryl methyl sites for hydroxylation is 1. The van der Waals surface area contributed by atoms with E-state index in [1.54, 1.807) is 28.6 Å². The van der Waals surface area contributed by atoms with Gasteiger partial charge in [0.05, 0.1) is 16.1 Å². The number of nitrogens with one attached hydrogen (secondary N) is 2. The molecule has 1 saturated heterocycles. The monoisotopic (exact) mass is 587 g/mol. The molecule has 2 aromatic carbocycles. The number of halogens is 1. The summed E-state index contributed by atoms with van der Waals surface area (Å²) in [7, 11) is -3.61. The molecule has 1 atom stereocenters. The summed E-state index contributed by atoms with van der Waals surface area (Å²) in [5.74, 6) is 0.206. The number of nitrogens with zero attached hydrogens (tertiary/aromatic N) is 3. The van der Waals surface area contributed by atoms with Crippen molar-refractivity contribution in [2.45, 2.75) is 38.1 Å². The van der Waals surface area contributed by atoms with Crippen LogP contribution in [0.2, 0.25) is 0 Å². The molecule has 0 bridgehead atoms. The molecule has 8 nitrogen and oxygen atoms in total. The van der Waals surface area contributed by atoms with Gasteiger partial charge in [-0.15, -0.1) is 0 Å². The molecule has 4 rings (SSSR count). The highest BCUT2D eigenvalue weighted by Gasteiger charge is 2.36. The molecule has 1 unspecified atom stereocenters. The Morgan fingerprint density at radius 2 is 1.92 bits per heavy atom. The molecule has 1 aliphatic heterocycles. The number of aromatic nitrogens is 1. The van der Waals surface area contributed by atoms with E-state index in [0.29, 0.717) is 31.1 Å². The van der Waals surface area contributed by atoms with Crippen LogP contribution < -0.4 is 10.6 Å². The minimum absolute atomic E-state index is 0.101. The van der Waals surface area contributed by atoms with Crippen molar-refractivity contribution in [1.29, 1.82) is 0 Å². The van der Waals surface area contributed by atoms with E-state index >= 15 is 0 Å². The van der Waals surface area contributed by atoms with Crippen molar-refractivity contribution in [3.8, 4) is 0 Å². The molecule has 0 saturated carbocycles. The van der Waals surface area contributed by atoms with Crippen LogP contribution in [0.15, 0.2) is 64.0 Å². The van der Waals surface area contributed by atoms with Crippen molar-refractivity contribution >= 4 is 48.6 Å². The molecule has 1 aliphatic rings. The summed E-state index contributed by atoms with van der Waals surface area (Å²) < 4.78 is 29.5. The van der Waals surface area contributed by atoms with Crippen molar-refractivity contribution in [3.05, 3.63) is 64.8 Å². The molecule has 198 valence electrons. The van der Waals surface area contributed by atoms with E-state index in [4.69, 9.17) is 0 Å². The molecule has 0 radical (unpaired) electrons. The minimum atomic E-state index is -3.61. The van der Waals surface area contributed by atoms with Crippen molar-refractivity contribution in [2.24, 2.45) is 5.92 Å². The number of carbonyl (C=O) groups is 1. The third kappa shape index (κ3) is 6.87. The average molecular weight is 589 g/mol. The number of urea groups is 1. The van der Waals surface area contributed by atoms with Gasteiger partial charge < -0.3 is 10.6 Å². The molecule has 2 amide bonds. The van der Waals surface area contributed by atoms with Crippen LogP contribution in [-0.4, -0.2) is 67.4 Å². The Morgan fingerprint density at radius 3 is 2.65 bits per heavy atom. The van der Waals surface area contributed by atoms with Crippen LogP contribution in [0.4, 0.5) is 10.5 Å². The standard InChI is InChI=1S/C27H34BrN5O3S/c1-19(2)17-33(37(35,36)23-10-8-21(28)9-11-23)22-12-14-32(18-22)15-13-29-27(34)31-26-16-20(3)30-25-7-5-4-6-24(25)26/h4-11,16,19,22H,12-15,17-18H2,1-3H3,(H2,29,30,31,34). The Balaban J connectivity index is 1.34. The van der Waals surface area contributed by atoms with Gasteiger partial charge in [0.25, 0.3) is 0 Å². The highest BCUT2D eigenvalue weighted by molar-refractivity contribution is 9.10. The lowest BCUT2D eigenvalue weighted by Gasteiger charge is -2.30. The predicted molar refractivity (Wildman–Crippen MR) is 151 cm³/mol. The normalized spacial score (nSPS) is 16.5. The number of benzene rings is 2. The largest absolute Gasteiger partial charge is 0.337 e. The van der Waals surface area contributed by atoms with Crippen LogP contribution in [0, 0.1) is 12.8 Å². The maximum atomic E-state index is 13.5. The van der Waals surface area contributed by atoms with E-state index < -0.39 is 10.0 Å². The molecule has 0 aliphatic carbocycles. The van der Waals surface area contributed by atoms with Gasteiger partial charge in [-0.3, -0.25) is 9.88 Å². The van der Waals surface area contributed by atoms with E-state index in [9.17, 15) is 13.2 Å². The van der Waals surface area contributed by atoms with Crippen molar-refractivity contribution in [2.75, 3.05) is 38.0 Å². The highest BCUT2D eigenvalue weighted by Crippen LogP contribution is 2.26. The van der Waals surface area contributed by atoms with Gasteiger partial charge in [-0.1, -0.05) is 48.0 Å². The summed E-state index contributed by atoms with van der Waals surface area (Å²) in [5, 5.41) is 6.77. The summed E-state index contributed by atoms with van der Waals surface area (Å²) in [6.07, 6.45) is 0.761. The van der Waals surface area contributed by atoms with E-state index in [1.165, 1.54) is 0 Å². The van der Waals surface area contributed by atoms with Crippen LogP contribution >= 0.6 is 15.9 Å². The van der Waals surface area contributed by atoms with Crippen molar-refractivity contribution in [1.82, 2.24) is 19.5 Å². The second-order valence-corrected chi connectivity index (χ2v) is 12.7. The number of hydrogen-bond donors (Lipinski definition) is 2. The topological polar surface area (TPSA) is 94.6 Å². The third-order valence-electron chi connectivity index (χ3n) is 6.43. The van der Waals surface area contributed by atoms with Crippen molar-refractivity contribution in [3.63, 3.8) is 0 Å². The maximum absolute atomic E-state index is 13.5. The van der Waals surface area contributed by atoms with Gasteiger partial charge in [-0.25, -0.2) is 13.2 Å². The van der Waals surface area contributed by atoms with E-state index in [2.05, 4.69) is 36.4 Å². The van der Waals surface area contributed by atoms with Crippen LogP contribution in [-0.2, 0) is 10.0 Å². The Labute approximate surface area is 227 Å². The second-order valence-electron chi connectivity index (χ2n) is 9.87. The van der Waals surface area contributed by atoms with Gasteiger partial charge in [0.1, 0.15) is 0 Å². The number of rotatable bonds is 9. The third-order valence-corrected chi connectivity index (χ3v) is 8.89. The summed E-state index contributed by atoms with van der Waals surface area (Å²) >= 11 is 3.38. The Morgan fingerprint density at radius 1 is 1.19 bits per heavy atom. The fourth-order valence-electron chi connectivity index (χ4n) is 4.70. The van der Waals surface area contributed by atoms with Gasteiger partial charge >= 0.3 is 6.03 Å². The molecule has 3 aromatic rings. The zero-order valence-electron chi connectivity index (χ0n) is 21.4. The smallest absolute Gasteiger partial charge is 0.319 e. The van der Waals surface area contributed by atoms with Gasteiger partial charge in [0, 0.05) is 47.8 Å². The lowest BCUT2D eigenvalue weighted by atomic mass is 10.1. The molecule has 1 aromatic heterocycles. The van der Waals surface area contributed by atoms with Crippen molar-refractivity contribution < 1.29 is 13.2 Å². The first-order valence-electron chi connectivity index (χ1n) is 12.5. The van der Waals surface area contributed by atoms with E-state index in [-0.39, 0.29) is 18.0 Å². The van der Waals surface area contributed by atoms with E-state index in [1.807, 2.05) is 51.1 Å². The first kappa shape index (κ1) is 27.5. The fraction of sp³-hybridized carbons (Fsp3) is 0.407. The van der Waals surface area contributed by atoms with Gasteiger partial charge in [0.15, 0.2) is 0 Å². The first-order chi connectivity index (χ1) is 17.6. The lowest BCUT2D eigenvalue weighted by Crippen LogP contribution is -2.44. The molecular formula is C27H34BrN5O3S. The van der Waals surface area contributed by atoms with Crippen LogP contribution in [0.25, 0.3) is 10.9 Å². The number of pyridine rings is 1. The zero-order valence-corrected chi connectivity index (χ0v) is 23.8. The van der Waals surface area contributed by atoms with Gasteiger partial charge in [-0.05, 0) is 62.2 Å². The zero-order chi connectivity index (χ0) is 26.6. The number of fused-ring (bicyclic) bond motifs is 1. The highest BCUT2D eigenvalue weighted by atomic mass is 79.9. The van der Waals surface area contributed by atoms with Crippen LogP contribution in [0.1, 0.15) is 26.0 Å². The summed E-state index contributed by atoms with van der Waals surface area (Å²) in [5.41, 5.74) is 2.40. The molecule has 2 N–H and O–H groups in total. The number of anilines is 1. The number of hydrogen-bond acceptors (Lipinski definition) is 5.